The molecule has 0 saturated carbocycles. The monoisotopic (exact) mass is 405 g/mol. The Morgan fingerprint density at radius 1 is 1.00 bits per heavy atom. The quantitative estimate of drug-likeness (QED) is 0.769. The van der Waals surface area contributed by atoms with Gasteiger partial charge in [-0.1, -0.05) is 57.9 Å². The number of aryl methyl sites for hydroxylation is 1. The number of nitrogens with one attached hydrogen (secondary N) is 1. The van der Waals surface area contributed by atoms with Crippen molar-refractivity contribution in [1.82, 2.24) is 5.32 Å². The van der Waals surface area contributed by atoms with E-state index >= 15 is 0 Å². The van der Waals surface area contributed by atoms with Gasteiger partial charge in [-0.2, -0.15) is 0 Å². The lowest BCUT2D eigenvalue weighted by molar-refractivity contribution is -0.149. The third-order valence-corrected chi connectivity index (χ3v) is 4.49. The van der Waals surface area contributed by atoms with E-state index in [1.165, 1.54) is 14.2 Å². The molecule has 0 bridgehead atoms. The van der Waals surface area contributed by atoms with Crippen molar-refractivity contribution in [2.45, 2.75) is 18.9 Å². The Morgan fingerprint density at radius 3 is 2.12 bits per heavy atom. The molecule has 0 fully saturated rings. The van der Waals surface area contributed by atoms with Gasteiger partial charge in [0.25, 0.3) is 0 Å². The fraction of sp³-hybridized carbons (Fsp3) is 0.263. The average molecular weight is 406 g/mol. The summed E-state index contributed by atoms with van der Waals surface area (Å²) in [7, 11) is 2.55. The summed E-state index contributed by atoms with van der Waals surface area (Å²) in [6.45, 7) is 1.95. The summed E-state index contributed by atoms with van der Waals surface area (Å²) in [4.78, 5) is 24.7. The lowest BCUT2D eigenvalue weighted by atomic mass is 9.83. The molecule has 0 aliphatic heterocycles. The Hall–Kier alpha value is -2.34. The van der Waals surface area contributed by atoms with Crippen LogP contribution < -0.4 is 5.32 Å². The summed E-state index contributed by atoms with van der Waals surface area (Å²) in [6.07, 6.45) is -0.478. The maximum Gasteiger partial charge on any atom is 0.408 e. The van der Waals surface area contributed by atoms with E-state index in [1.807, 2.05) is 43.3 Å². The van der Waals surface area contributed by atoms with Crippen molar-refractivity contribution in [3.63, 3.8) is 0 Å². The Balaban J connectivity index is 2.56. The second-order valence-corrected chi connectivity index (χ2v) is 6.60. The molecule has 132 valence electrons. The summed E-state index contributed by atoms with van der Waals surface area (Å²) >= 11 is 3.39. The highest BCUT2D eigenvalue weighted by Crippen LogP contribution is 2.29. The summed E-state index contributed by atoms with van der Waals surface area (Å²) in [6, 6.07) is 14.9. The zero-order chi connectivity index (χ0) is 18.4. The minimum absolute atomic E-state index is 0.227. The Morgan fingerprint density at radius 2 is 1.60 bits per heavy atom. The fourth-order valence-corrected chi connectivity index (χ4v) is 2.87. The predicted octanol–water partition coefficient (Wildman–Crippen LogP) is 3.72. The molecule has 5 nitrogen and oxygen atoms in total. The molecule has 0 spiro atoms. The van der Waals surface area contributed by atoms with E-state index in [1.54, 1.807) is 12.1 Å². The van der Waals surface area contributed by atoms with Crippen molar-refractivity contribution < 1.29 is 19.1 Å². The summed E-state index contributed by atoms with van der Waals surface area (Å²) < 4.78 is 10.7. The van der Waals surface area contributed by atoms with Crippen LogP contribution in [0.25, 0.3) is 0 Å². The highest BCUT2D eigenvalue weighted by atomic mass is 79.9. The molecule has 25 heavy (non-hydrogen) atoms. The molecule has 1 N–H and O–H groups in total. The number of methoxy groups -OCH3 is 2. The first-order valence-corrected chi connectivity index (χ1v) is 8.46. The van der Waals surface area contributed by atoms with E-state index in [-0.39, 0.29) is 6.42 Å². The van der Waals surface area contributed by atoms with Crippen LogP contribution in [0, 0.1) is 6.92 Å². The minimum Gasteiger partial charge on any atom is -0.467 e. The van der Waals surface area contributed by atoms with Gasteiger partial charge < -0.3 is 14.8 Å². The summed E-state index contributed by atoms with van der Waals surface area (Å²) in [5.74, 6) is -0.565. The van der Waals surface area contributed by atoms with Gasteiger partial charge in [-0.3, -0.25) is 0 Å². The number of carbonyl (C=O) groups excluding carboxylic acids is 2. The SMILES string of the molecule is COC(=O)N[C@](Cc1ccc(Br)cc1)(C(=O)OC)c1ccc(C)cc1. The van der Waals surface area contributed by atoms with E-state index in [2.05, 4.69) is 21.2 Å². The van der Waals surface area contributed by atoms with Crippen molar-refractivity contribution >= 4 is 28.0 Å². The number of halogens is 1. The normalized spacial score (nSPS) is 12.8. The molecular formula is C19H20BrNO4. The first-order chi connectivity index (χ1) is 11.9. The number of benzene rings is 2. The number of alkyl carbamates (subject to hydrolysis) is 1. The van der Waals surface area contributed by atoms with E-state index in [4.69, 9.17) is 9.47 Å². The molecule has 2 aromatic carbocycles. The van der Waals surface area contributed by atoms with Crippen LogP contribution in [-0.2, 0) is 26.2 Å². The molecule has 2 rings (SSSR count). The van der Waals surface area contributed by atoms with Crippen LogP contribution in [-0.4, -0.2) is 26.3 Å². The number of hydrogen-bond donors (Lipinski definition) is 1. The van der Waals surface area contributed by atoms with Crippen LogP contribution in [0.3, 0.4) is 0 Å². The molecule has 6 heteroatoms. The smallest absolute Gasteiger partial charge is 0.408 e. The van der Waals surface area contributed by atoms with Gasteiger partial charge in [0.2, 0.25) is 0 Å². The molecule has 1 atom stereocenters. The molecule has 0 heterocycles. The highest BCUT2D eigenvalue weighted by molar-refractivity contribution is 9.10. The predicted molar refractivity (Wildman–Crippen MR) is 98.3 cm³/mol. The maximum absolute atomic E-state index is 12.7. The molecule has 0 aromatic heterocycles. The maximum atomic E-state index is 12.7. The third-order valence-electron chi connectivity index (χ3n) is 3.96. The fourth-order valence-electron chi connectivity index (χ4n) is 2.61. The van der Waals surface area contributed by atoms with Crippen molar-refractivity contribution in [3.05, 3.63) is 69.7 Å². The van der Waals surface area contributed by atoms with Gasteiger partial charge in [-0.15, -0.1) is 0 Å². The van der Waals surface area contributed by atoms with Crippen LogP contribution in [0.4, 0.5) is 4.79 Å². The van der Waals surface area contributed by atoms with Crippen LogP contribution in [0.5, 0.6) is 0 Å². The molecule has 1 amide bonds. The zero-order valence-electron chi connectivity index (χ0n) is 14.3. The van der Waals surface area contributed by atoms with E-state index in [0.717, 1.165) is 15.6 Å². The summed E-state index contributed by atoms with van der Waals surface area (Å²) in [5, 5.41) is 2.68. The molecule has 2 aromatic rings. The number of rotatable bonds is 5. The van der Waals surface area contributed by atoms with E-state index < -0.39 is 17.6 Å². The summed E-state index contributed by atoms with van der Waals surface area (Å²) in [5.41, 5.74) is 1.15. The van der Waals surface area contributed by atoms with Gasteiger partial charge in [0.15, 0.2) is 5.54 Å². The lowest BCUT2D eigenvalue weighted by Crippen LogP contribution is -2.54. The third kappa shape index (κ3) is 4.39. The van der Waals surface area contributed by atoms with Gasteiger partial charge in [-0.25, -0.2) is 9.59 Å². The Labute approximate surface area is 155 Å². The largest absolute Gasteiger partial charge is 0.467 e. The first kappa shape index (κ1) is 19.0. The van der Waals surface area contributed by atoms with Gasteiger partial charge in [0.1, 0.15) is 0 Å². The lowest BCUT2D eigenvalue weighted by Gasteiger charge is -2.32. The second kappa shape index (κ2) is 8.16. The average Bonchev–Trinajstić information content (AvgIpc) is 2.62. The van der Waals surface area contributed by atoms with E-state index in [9.17, 15) is 9.59 Å². The van der Waals surface area contributed by atoms with Crippen LogP contribution in [0.15, 0.2) is 53.0 Å². The number of ether oxygens (including phenoxy) is 2. The Bertz CT molecular complexity index is 743. The standard InChI is InChI=1S/C19H20BrNO4/c1-13-4-8-15(9-5-13)19(17(22)24-2,21-18(23)25-3)12-14-6-10-16(20)11-7-14/h4-11H,12H2,1-3H3,(H,21,23)/t19-/m0/s1. The van der Waals surface area contributed by atoms with E-state index in [0.29, 0.717) is 5.56 Å². The van der Waals surface area contributed by atoms with Crippen LogP contribution in [0.2, 0.25) is 0 Å². The number of amides is 1. The van der Waals surface area contributed by atoms with Crippen LogP contribution in [0.1, 0.15) is 16.7 Å². The molecule has 0 aliphatic carbocycles. The van der Waals surface area contributed by atoms with Crippen LogP contribution >= 0.6 is 15.9 Å². The molecule has 0 aliphatic rings. The number of esters is 1. The molecule has 0 unspecified atom stereocenters. The highest BCUT2D eigenvalue weighted by Gasteiger charge is 2.43. The number of carbonyl (C=O) groups is 2. The molecule has 0 saturated heterocycles. The minimum atomic E-state index is -1.39. The first-order valence-electron chi connectivity index (χ1n) is 7.67. The zero-order valence-corrected chi connectivity index (χ0v) is 15.9. The van der Waals surface area contributed by atoms with Gasteiger partial charge in [0, 0.05) is 10.9 Å². The van der Waals surface area contributed by atoms with Gasteiger partial charge >= 0.3 is 12.1 Å². The topological polar surface area (TPSA) is 64.6 Å². The van der Waals surface area contributed by atoms with Crippen molar-refractivity contribution in [1.29, 1.82) is 0 Å². The molecular weight excluding hydrogens is 386 g/mol. The van der Waals surface area contributed by atoms with Crippen molar-refractivity contribution in [2.75, 3.05) is 14.2 Å². The van der Waals surface area contributed by atoms with Crippen molar-refractivity contribution in [2.24, 2.45) is 0 Å². The van der Waals surface area contributed by atoms with Crippen molar-refractivity contribution in [3.8, 4) is 0 Å². The second-order valence-electron chi connectivity index (χ2n) is 5.68. The Kier molecular flexibility index (Phi) is 6.20. The molecule has 0 radical (unpaired) electrons. The van der Waals surface area contributed by atoms with Gasteiger partial charge in [-0.05, 0) is 30.2 Å². The van der Waals surface area contributed by atoms with Gasteiger partial charge in [0.05, 0.1) is 14.2 Å². The number of hydrogen-bond acceptors (Lipinski definition) is 4.